The number of hydrogen-bond acceptors (Lipinski definition) is 6. The van der Waals surface area contributed by atoms with Crippen molar-refractivity contribution in [3.8, 4) is 17.2 Å². The monoisotopic (exact) mass is 546 g/mol. The maximum absolute atomic E-state index is 12.3. The maximum atomic E-state index is 12.3. The molecule has 0 heterocycles. The van der Waals surface area contributed by atoms with Gasteiger partial charge in [0, 0.05) is 5.56 Å². The van der Waals surface area contributed by atoms with Gasteiger partial charge in [-0.1, -0.05) is 18.2 Å². The average Bonchev–Trinajstić information content (AvgIpc) is 2.78. The van der Waals surface area contributed by atoms with Crippen molar-refractivity contribution < 1.29 is 24.2 Å². The van der Waals surface area contributed by atoms with E-state index in [-0.39, 0.29) is 11.5 Å². The highest BCUT2D eigenvalue weighted by molar-refractivity contribution is 9.11. The number of carbonyl (C=O) groups excluding carboxylic acids is 2. The smallest absolute Gasteiger partial charge is 0.343 e. The number of hydrazone groups is 1. The van der Waals surface area contributed by atoms with Gasteiger partial charge < -0.3 is 14.6 Å². The van der Waals surface area contributed by atoms with E-state index in [4.69, 9.17) is 9.47 Å². The van der Waals surface area contributed by atoms with Crippen molar-refractivity contribution in [2.75, 3.05) is 7.11 Å². The van der Waals surface area contributed by atoms with E-state index < -0.39 is 11.9 Å². The highest BCUT2D eigenvalue weighted by Gasteiger charge is 2.13. The Bertz CT molecular complexity index is 1130. The van der Waals surface area contributed by atoms with Crippen LogP contribution in [0.1, 0.15) is 26.3 Å². The summed E-state index contributed by atoms with van der Waals surface area (Å²) in [4.78, 5) is 24.5. The molecule has 0 radical (unpaired) electrons. The number of esters is 1. The predicted molar refractivity (Wildman–Crippen MR) is 123 cm³/mol. The molecule has 0 saturated carbocycles. The van der Waals surface area contributed by atoms with Crippen LogP contribution in [-0.2, 0) is 0 Å². The van der Waals surface area contributed by atoms with Gasteiger partial charge in [0.2, 0.25) is 0 Å². The third kappa shape index (κ3) is 5.71. The van der Waals surface area contributed by atoms with Crippen LogP contribution in [0.15, 0.2) is 74.7 Å². The molecule has 7 nitrogen and oxygen atoms in total. The molecular formula is C22H16Br2N2O5. The lowest BCUT2D eigenvalue weighted by atomic mass is 10.2. The average molecular weight is 548 g/mol. The first-order valence-electron chi connectivity index (χ1n) is 8.85. The van der Waals surface area contributed by atoms with E-state index in [0.717, 1.165) is 0 Å². The second-order valence-corrected chi connectivity index (χ2v) is 7.86. The zero-order valence-electron chi connectivity index (χ0n) is 16.1. The van der Waals surface area contributed by atoms with Crippen LogP contribution >= 0.6 is 31.9 Å². The Labute approximate surface area is 195 Å². The summed E-state index contributed by atoms with van der Waals surface area (Å²) in [5.74, 6) is -0.362. The fourth-order valence-corrected chi connectivity index (χ4v) is 3.69. The second-order valence-electron chi connectivity index (χ2n) is 6.15. The van der Waals surface area contributed by atoms with E-state index in [1.165, 1.54) is 25.5 Å². The van der Waals surface area contributed by atoms with Gasteiger partial charge in [0.25, 0.3) is 5.91 Å². The highest BCUT2D eigenvalue weighted by Crippen LogP contribution is 2.33. The van der Waals surface area contributed by atoms with Crippen LogP contribution in [0, 0.1) is 0 Å². The van der Waals surface area contributed by atoms with E-state index in [2.05, 4.69) is 42.4 Å². The molecule has 31 heavy (non-hydrogen) atoms. The summed E-state index contributed by atoms with van der Waals surface area (Å²) in [7, 11) is 1.46. The molecule has 0 atom stereocenters. The van der Waals surface area contributed by atoms with Crippen LogP contribution in [0.2, 0.25) is 0 Å². The molecular weight excluding hydrogens is 532 g/mol. The number of methoxy groups -OCH3 is 1. The number of benzene rings is 3. The van der Waals surface area contributed by atoms with Gasteiger partial charge in [0.15, 0.2) is 11.5 Å². The van der Waals surface area contributed by atoms with Crippen LogP contribution in [0.25, 0.3) is 0 Å². The first kappa shape index (κ1) is 22.5. The Balaban J connectivity index is 1.69. The van der Waals surface area contributed by atoms with Crippen molar-refractivity contribution >= 4 is 50.0 Å². The van der Waals surface area contributed by atoms with Crippen molar-refractivity contribution in [2.24, 2.45) is 5.10 Å². The fourth-order valence-electron chi connectivity index (χ4n) is 2.51. The van der Waals surface area contributed by atoms with E-state index in [9.17, 15) is 14.7 Å². The number of aromatic hydroxyl groups is 1. The molecule has 0 aliphatic rings. The fraction of sp³-hybridized carbons (Fsp3) is 0.0455. The zero-order chi connectivity index (χ0) is 22.4. The number of hydrogen-bond donors (Lipinski definition) is 2. The molecule has 0 spiro atoms. The minimum Gasteiger partial charge on any atom is -0.506 e. The minimum absolute atomic E-state index is 0.000186. The molecule has 9 heteroatoms. The number of amides is 1. The topological polar surface area (TPSA) is 97.2 Å². The van der Waals surface area contributed by atoms with Crippen LogP contribution in [-0.4, -0.2) is 30.3 Å². The van der Waals surface area contributed by atoms with Gasteiger partial charge in [-0.05, 0) is 79.9 Å². The number of phenols is 1. The maximum Gasteiger partial charge on any atom is 0.343 e. The van der Waals surface area contributed by atoms with E-state index in [1.54, 1.807) is 42.5 Å². The molecule has 0 aliphatic heterocycles. The Hall–Kier alpha value is -3.17. The standard InChI is InChI=1S/C22H16Br2N2O5/c1-30-19-9-13(7-8-18(19)31-22(29)14-5-3-2-4-6-14)12-25-26-21(28)15-10-16(23)20(27)17(24)11-15/h2-12,27H,1H3,(H,26,28)/b25-12+. The first-order chi connectivity index (χ1) is 14.9. The van der Waals surface area contributed by atoms with Crippen molar-refractivity contribution in [1.29, 1.82) is 0 Å². The predicted octanol–water partition coefficient (Wildman–Crippen LogP) is 4.91. The summed E-state index contributed by atoms with van der Waals surface area (Å²) >= 11 is 6.35. The molecule has 0 aromatic heterocycles. The van der Waals surface area contributed by atoms with Crippen LogP contribution < -0.4 is 14.9 Å². The largest absolute Gasteiger partial charge is 0.506 e. The molecule has 158 valence electrons. The van der Waals surface area contributed by atoms with Crippen LogP contribution in [0.5, 0.6) is 17.2 Å². The lowest BCUT2D eigenvalue weighted by Gasteiger charge is -2.10. The number of halogens is 2. The van der Waals surface area contributed by atoms with Gasteiger partial charge in [0.1, 0.15) is 5.75 Å². The number of rotatable bonds is 6. The quantitative estimate of drug-likeness (QED) is 0.198. The number of nitrogens with one attached hydrogen (secondary N) is 1. The Morgan fingerprint density at radius 3 is 2.29 bits per heavy atom. The molecule has 0 fully saturated rings. The van der Waals surface area contributed by atoms with Gasteiger partial charge in [0.05, 0.1) is 27.8 Å². The third-order valence-corrected chi connectivity index (χ3v) is 5.27. The minimum atomic E-state index is -0.501. The number of phenolic OH excluding ortho intramolecular Hbond substituents is 1. The Morgan fingerprint density at radius 2 is 1.65 bits per heavy atom. The molecule has 0 bridgehead atoms. The molecule has 0 saturated heterocycles. The molecule has 3 aromatic carbocycles. The van der Waals surface area contributed by atoms with Gasteiger partial charge >= 0.3 is 5.97 Å². The van der Waals surface area contributed by atoms with Crippen LogP contribution in [0.3, 0.4) is 0 Å². The van der Waals surface area contributed by atoms with Crippen molar-refractivity contribution in [2.45, 2.75) is 0 Å². The molecule has 0 aliphatic carbocycles. The lowest BCUT2D eigenvalue weighted by molar-refractivity contribution is 0.0729. The van der Waals surface area contributed by atoms with Crippen molar-refractivity contribution in [1.82, 2.24) is 5.43 Å². The van der Waals surface area contributed by atoms with E-state index in [0.29, 0.717) is 31.4 Å². The van der Waals surface area contributed by atoms with Gasteiger partial charge in [-0.3, -0.25) is 4.79 Å². The highest BCUT2D eigenvalue weighted by atomic mass is 79.9. The normalized spacial score (nSPS) is 10.7. The first-order valence-corrected chi connectivity index (χ1v) is 10.4. The summed E-state index contributed by atoms with van der Waals surface area (Å²) in [6, 6.07) is 16.4. The molecule has 0 unspecified atom stereocenters. The molecule has 3 rings (SSSR count). The second kappa shape index (κ2) is 10.2. The van der Waals surface area contributed by atoms with Crippen molar-refractivity contribution in [3.63, 3.8) is 0 Å². The third-order valence-electron chi connectivity index (χ3n) is 4.06. The summed E-state index contributed by atoms with van der Waals surface area (Å²) < 4.78 is 11.5. The zero-order valence-corrected chi connectivity index (χ0v) is 19.3. The van der Waals surface area contributed by atoms with Gasteiger partial charge in [-0.2, -0.15) is 5.10 Å². The van der Waals surface area contributed by atoms with Gasteiger partial charge in [-0.15, -0.1) is 0 Å². The van der Waals surface area contributed by atoms with Crippen molar-refractivity contribution in [3.05, 3.63) is 86.3 Å². The number of carbonyl (C=O) groups is 2. The summed E-state index contributed by atoms with van der Waals surface area (Å²) in [5, 5.41) is 13.7. The Kier molecular flexibility index (Phi) is 7.43. The van der Waals surface area contributed by atoms with E-state index >= 15 is 0 Å². The van der Waals surface area contributed by atoms with Crippen LogP contribution in [0.4, 0.5) is 0 Å². The Morgan fingerprint density at radius 1 is 0.968 bits per heavy atom. The number of nitrogens with zero attached hydrogens (tertiary/aromatic N) is 1. The number of ether oxygens (including phenoxy) is 2. The van der Waals surface area contributed by atoms with Gasteiger partial charge in [-0.25, -0.2) is 10.2 Å². The summed E-state index contributed by atoms with van der Waals surface area (Å²) in [6.07, 6.45) is 1.42. The summed E-state index contributed by atoms with van der Waals surface area (Å²) in [5.41, 5.74) is 3.75. The molecule has 1 amide bonds. The SMILES string of the molecule is COc1cc(/C=N/NC(=O)c2cc(Br)c(O)c(Br)c2)ccc1OC(=O)c1ccccc1. The molecule has 3 aromatic rings. The summed E-state index contributed by atoms with van der Waals surface area (Å²) in [6.45, 7) is 0. The molecule has 2 N–H and O–H groups in total. The van der Waals surface area contributed by atoms with E-state index in [1.807, 2.05) is 6.07 Å². The lowest BCUT2D eigenvalue weighted by Crippen LogP contribution is -2.17.